The van der Waals surface area contributed by atoms with Gasteiger partial charge >= 0.3 is 12.1 Å². The van der Waals surface area contributed by atoms with Gasteiger partial charge in [-0.25, -0.2) is 14.6 Å². The highest BCUT2D eigenvalue weighted by Gasteiger charge is 2.59. The fourth-order valence-corrected chi connectivity index (χ4v) is 4.10. The number of fused-ring (bicyclic) bond motifs is 1. The number of imidazole rings is 1. The summed E-state index contributed by atoms with van der Waals surface area (Å²) in [6.45, 7) is 6.11. The lowest BCUT2D eigenvalue weighted by atomic mass is 10.1. The first-order valence-electron chi connectivity index (χ1n) is 9.99. The van der Waals surface area contributed by atoms with Crippen molar-refractivity contribution in [1.82, 2.24) is 34.5 Å². The van der Waals surface area contributed by atoms with Gasteiger partial charge in [-0.05, 0) is 17.9 Å². The molecule has 4 aromatic rings. The van der Waals surface area contributed by atoms with Crippen LogP contribution in [0, 0.1) is 0 Å². The van der Waals surface area contributed by atoms with E-state index in [2.05, 4.69) is 31.8 Å². The zero-order valence-electron chi connectivity index (χ0n) is 18.0. The van der Waals surface area contributed by atoms with Gasteiger partial charge in [0.2, 0.25) is 0 Å². The van der Waals surface area contributed by atoms with E-state index in [1.807, 2.05) is 13.0 Å². The molecule has 0 spiro atoms. The number of hydrogen-bond acceptors (Lipinski definition) is 6. The number of aryl methyl sites for hydroxylation is 1. The molecule has 0 unspecified atom stereocenters. The molecule has 0 aliphatic carbocycles. The van der Waals surface area contributed by atoms with E-state index < -0.39 is 17.7 Å². The van der Waals surface area contributed by atoms with E-state index in [4.69, 9.17) is 0 Å². The molecular formula is C21H18F5N7S. The van der Waals surface area contributed by atoms with Gasteiger partial charge in [-0.15, -0.1) is 23.4 Å². The van der Waals surface area contributed by atoms with E-state index in [1.54, 1.807) is 30.2 Å². The third-order valence-corrected chi connectivity index (χ3v) is 5.85. The molecule has 0 aliphatic heterocycles. The summed E-state index contributed by atoms with van der Waals surface area (Å²) in [4.78, 5) is 13.4. The second kappa shape index (κ2) is 8.78. The van der Waals surface area contributed by atoms with Crippen LogP contribution in [0.3, 0.4) is 0 Å². The lowest BCUT2D eigenvalue weighted by Crippen LogP contribution is -2.33. The van der Waals surface area contributed by atoms with Gasteiger partial charge in [0, 0.05) is 29.9 Å². The molecule has 0 bridgehead atoms. The SMILES string of the molecule is C=CCn1cc(-c2cnc(-c3nc4cc(C(F)(F)C(F)(F)F)cnc4n3C)c(SCC)c2)nn1. The molecule has 0 aliphatic rings. The standard InChI is InChI=1S/C21H18F5N7S/c1-4-6-33-11-15(30-31-33)12-7-16(34-5-2)17(27-9-12)19-29-14-8-13(10-28-18(14)32(19)3)20(22,23)21(24,25)26/h4,7-11H,1,5-6H2,2-3H3. The maximum atomic E-state index is 13.8. The maximum absolute atomic E-state index is 13.8. The second-order valence-corrected chi connectivity index (χ2v) is 8.56. The van der Waals surface area contributed by atoms with Crippen molar-refractivity contribution in [3.8, 4) is 22.8 Å². The topological polar surface area (TPSA) is 74.3 Å². The highest BCUT2D eigenvalue weighted by atomic mass is 32.2. The minimum atomic E-state index is -5.74. The zero-order chi connectivity index (χ0) is 24.7. The summed E-state index contributed by atoms with van der Waals surface area (Å²) < 4.78 is 69.1. The van der Waals surface area contributed by atoms with Crippen molar-refractivity contribution >= 4 is 22.9 Å². The summed E-state index contributed by atoms with van der Waals surface area (Å²) in [5.41, 5.74) is 0.542. The van der Waals surface area contributed by atoms with E-state index >= 15 is 0 Å². The van der Waals surface area contributed by atoms with Crippen LogP contribution in [-0.4, -0.2) is 46.4 Å². The van der Waals surface area contributed by atoms with Crippen LogP contribution in [0.4, 0.5) is 22.0 Å². The lowest BCUT2D eigenvalue weighted by Gasteiger charge is -2.19. The summed E-state index contributed by atoms with van der Waals surface area (Å²) in [6, 6.07) is 2.56. The fraction of sp³-hybridized carbons (Fsp3) is 0.286. The molecule has 178 valence electrons. The van der Waals surface area contributed by atoms with E-state index in [0.717, 1.165) is 4.90 Å². The molecular weight excluding hydrogens is 477 g/mol. The van der Waals surface area contributed by atoms with Crippen molar-refractivity contribution in [1.29, 1.82) is 0 Å². The molecule has 0 fully saturated rings. The predicted molar refractivity (Wildman–Crippen MR) is 117 cm³/mol. The Morgan fingerprint density at radius 2 is 1.88 bits per heavy atom. The Morgan fingerprint density at radius 3 is 2.56 bits per heavy atom. The number of thioether (sulfide) groups is 1. The zero-order valence-corrected chi connectivity index (χ0v) is 18.8. The Morgan fingerprint density at radius 1 is 1.12 bits per heavy atom. The third-order valence-electron chi connectivity index (χ3n) is 4.94. The minimum absolute atomic E-state index is 0.0929. The van der Waals surface area contributed by atoms with Gasteiger partial charge in [-0.3, -0.25) is 4.98 Å². The Hall–Kier alpha value is -3.35. The number of aromatic nitrogens is 7. The van der Waals surface area contributed by atoms with Crippen molar-refractivity contribution in [2.45, 2.75) is 30.5 Å². The molecule has 4 rings (SSSR count). The van der Waals surface area contributed by atoms with Crippen LogP contribution in [0.15, 0.2) is 48.3 Å². The molecule has 0 radical (unpaired) electrons. The largest absolute Gasteiger partial charge is 0.458 e. The lowest BCUT2D eigenvalue weighted by molar-refractivity contribution is -0.289. The Labute approximate surface area is 194 Å². The first-order chi connectivity index (χ1) is 16.1. The van der Waals surface area contributed by atoms with Gasteiger partial charge < -0.3 is 4.57 Å². The van der Waals surface area contributed by atoms with Crippen LogP contribution >= 0.6 is 11.8 Å². The molecule has 0 N–H and O–H groups in total. The van der Waals surface area contributed by atoms with Gasteiger partial charge in [0.05, 0.1) is 18.3 Å². The average Bonchev–Trinajstić information content (AvgIpc) is 3.38. The number of alkyl halides is 5. The van der Waals surface area contributed by atoms with Crippen LogP contribution < -0.4 is 0 Å². The molecule has 4 heterocycles. The fourth-order valence-electron chi connectivity index (χ4n) is 3.29. The number of nitrogens with zero attached hydrogens (tertiary/aromatic N) is 7. The van der Waals surface area contributed by atoms with Crippen molar-refractivity contribution in [3.05, 3.63) is 48.9 Å². The summed E-state index contributed by atoms with van der Waals surface area (Å²) in [6.07, 6.45) is -0.205. The summed E-state index contributed by atoms with van der Waals surface area (Å²) in [5, 5.41) is 8.16. The molecule has 0 saturated heterocycles. The quantitative estimate of drug-likeness (QED) is 0.198. The molecule has 0 amide bonds. The summed E-state index contributed by atoms with van der Waals surface area (Å²) in [7, 11) is 1.59. The number of rotatable bonds is 7. The normalized spacial score (nSPS) is 12.4. The Balaban J connectivity index is 1.79. The average molecular weight is 495 g/mol. The Bertz CT molecular complexity index is 1360. The molecule has 0 aromatic carbocycles. The number of hydrogen-bond donors (Lipinski definition) is 0. The molecule has 7 nitrogen and oxygen atoms in total. The number of halogens is 5. The third kappa shape index (κ3) is 4.15. The van der Waals surface area contributed by atoms with Gasteiger partial charge in [-0.1, -0.05) is 18.2 Å². The smallest absolute Gasteiger partial charge is 0.310 e. The first-order valence-corrected chi connectivity index (χ1v) is 11.0. The molecule has 0 saturated carbocycles. The van der Waals surface area contributed by atoms with E-state index in [0.29, 0.717) is 41.5 Å². The van der Waals surface area contributed by atoms with Crippen LogP contribution in [0.2, 0.25) is 0 Å². The number of pyridine rings is 2. The van der Waals surface area contributed by atoms with Gasteiger partial charge in [0.1, 0.15) is 16.9 Å². The molecule has 4 aromatic heterocycles. The van der Waals surface area contributed by atoms with Crippen LogP contribution in [0.5, 0.6) is 0 Å². The number of allylic oxidation sites excluding steroid dienone is 1. The van der Waals surface area contributed by atoms with E-state index in [9.17, 15) is 22.0 Å². The predicted octanol–water partition coefficient (Wildman–Crippen LogP) is 5.24. The Kier molecular flexibility index (Phi) is 6.14. The molecule has 13 heteroatoms. The molecule has 0 atom stereocenters. The van der Waals surface area contributed by atoms with Crippen molar-refractivity contribution in [2.24, 2.45) is 7.05 Å². The first kappa shape index (κ1) is 23.8. The molecule has 34 heavy (non-hydrogen) atoms. The van der Waals surface area contributed by atoms with Crippen molar-refractivity contribution in [2.75, 3.05) is 5.75 Å². The van der Waals surface area contributed by atoms with Crippen LogP contribution in [0.1, 0.15) is 12.5 Å². The van der Waals surface area contributed by atoms with E-state index in [-0.39, 0.29) is 17.0 Å². The van der Waals surface area contributed by atoms with Crippen LogP contribution in [0.25, 0.3) is 33.9 Å². The summed E-state index contributed by atoms with van der Waals surface area (Å²) in [5.74, 6) is -4.06. The van der Waals surface area contributed by atoms with Crippen molar-refractivity contribution < 1.29 is 22.0 Å². The van der Waals surface area contributed by atoms with E-state index in [1.165, 1.54) is 16.3 Å². The highest BCUT2D eigenvalue weighted by Crippen LogP contribution is 2.44. The van der Waals surface area contributed by atoms with Gasteiger partial charge in [0.25, 0.3) is 0 Å². The second-order valence-electron chi connectivity index (χ2n) is 7.25. The summed E-state index contributed by atoms with van der Waals surface area (Å²) >= 11 is 1.48. The van der Waals surface area contributed by atoms with Crippen LogP contribution in [-0.2, 0) is 19.5 Å². The van der Waals surface area contributed by atoms with Gasteiger partial charge in [0.15, 0.2) is 11.5 Å². The monoisotopic (exact) mass is 495 g/mol. The maximum Gasteiger partial charge on any atom is 0.458 e. The minimum Gasteiger partial charge on any atom is -0.310 e. The van der Waals surface area contributed by atoms with Crippen molar-refractivity contribution in [3.63, 3.8) is 0 Å². The highest BCUT2D eigenvalue weighted by molar-refractivity contribution is 7.99. The van der Waals surface area contributed by atoms with Gasteiger partial charge in [-0.2, -0.15) is 22.0 Å².